The zero-order valence-electron chi connectivity index (χ0n) is 8.34. The van der Waals surface area contributed by atoms with Gasteiger partial charge in [-0.25, -0.2) is 4.39 Å². The predicted molar refractivity (Wildman–Crippen MR) is 59.5 cm³/mol. The summed E-state index contributed by atoms with van der Waals surface area (Å²) in [5.41, 5.74) is 1.15. The van der Waals surface area contributed by atoms with E-state index in [1.165, 1.54) is 24.4 Å². The van der Waals surface area contributed by atoms with E-state index in [0.29, 0.717) is 11.1 Å². The molecule has 5 heteroatoms. The van der Waals surface area contributed by atoms with E-state index in [4.69, 9.17) is 10.0 Å². The lowest BCUT2D eigenvalue weighted by Crippen LogP contribution is -2.29. The SMILES string of the molecule is OB(O)c1ccc(F)c(-c2cccnc2)c1. The second kappa shape index (κ2) is 4.43. The molecular weight excluding hydrogens is 208 g/mol. The van der Waals surface area contributed by atoms with Crippen LogP contribution >= 0.6 is 0 Å². The minimum absolute atomic E-state index is 0.250. The van der Waals surface area contributed by atoms with Crippen LogP contribution in [0.25, 0.3) is 11.1 Å². The van der Waals surface area contributed by atoms with Gasteiger partial charge in [-0.15, -0.1) is 0 Å². The van der Waals surface area contributed by atoms with Gasteiger partial charge in [-0.2, -0.15) is 0 Å². The van der Waals surface area contributed by atoms with Crippen LogP contribution in [-0.2, 0) is 0 Å². The number of rotatable bonds is 2. The van der Waals surface area contributed by atoms with Crippen LogP contribution in [0.5, 0.6) is 0 Å². The smallest absolute Gasteiger partial charge is 0.423 e. The van der Waals surface area contributed by atoms with Crippen molar-refractivity contribution in [1.29, 1.82) is 0 Å². The van der Waals surface area contributed by atoms with Gasteiger partial charge in [0, 0.05) is 23.5 Å². The van der Waals surface area contributed by atoms with E-state index < -0.39 is 12.9 Å². The minimum Gasteiger partial charge on any atom is -0.423 e. The number of aromatic nitrogens is 1. The van der Waals surface area contributed by atoms with Gasteiger partial charge in [-0.05, 0) is 17.6 Å². The van der Waals surface area contributed by atoms with Crippen molar-refractivity contribution in [3.8, 4) is 11.1 Å². The molecule has 0 bridgehead atoms. The highest BCUT2D eigenvalue weighted by molar-refractivity contribution is 6.58. The molecule has 0 radical (unpaired) electrons. The van der Waals surface area contributed by atoms with Crippen LogP contribution in [0.4, 0.5) is 4.39 Å². The summed E-state index contributed by atoms with van der Waals surface area (Å²) in [6.45, 7) is 0. The van der Waals surface area contributed by atoms with Crippen LogP contribution < -0.4 is 5.46 Å². The normalized spacial score (nSPS) is 10.2. The number of hydrogen-bond donors (Lipinski definition) is 2. The van der Waals surface area contributed by atoms with Crippen molar-refractivity contribution in [3.63, 3.8) is 0 Å². The molecule has 0 unspecified atom stereocenters. The van der Waals surface area contributed by atoms with Crippen LogP contribution in [0.3, 0.4) is 0 Å². The van der Waals surface area contributed by atoms with Gasteiger partial charge in [0.2, 0.25) is 0 Å². The van der Waals surface area contributed by atoms with Crippen molar-refractivity contribution in [2.24, 2.45) is 0 Å². The summed E-state index contributed by atoms with van der Waals surface area (Å²) < 4.78 is 13.5. The largest absolute Gasteiger partial charge is 0.488 e. The van der Waals surface area contributed by atoms with Gasteiger partial charge in [0.25, 0.3) is 0 Å². The predicted octanol–water partition coefficient (Wildman–Crippen LogP) is 0.567. The van der Waals surface area contributed by atoms with E-state index in [0.717, 1.165) is 0 Å². The van der Waals surface area contributed by atoms with E-state index in [9.17, 15) is 4.39 Å². The van der Waals surface area contributed by atoms with Crippen molar-refractivity contribution >= 4 is 12.6 Å². The van der Waals surface area contributed by atoms with Gasteiger partial charge in [0.1, 0.15) is 5.82 Å². The second-order valence-corrected chi connectivity index (χ2v) is 3.35. The number of pyridine rings is 1. The fourth-order valence-electron chi connectivity index (χ4n) is 1.45. The van der Waals surface area contributed by atoms with Gasteiger partial charge in [0.15, 0.2) is 0 Å². The third-order valence-corrected chi connectivity index (χ3v) is 2.26. The van der Waals surface area contributed by atoms with Gasteiger partial charge in [0.05, 0.1) is 0 Å². The van der Waals surface area contributed by atoms with E-state index in [1.54, 1.807) is 18.3 Å². The Morgan fingerprint density at radius 1 is 1.19 bits per heavy atom. The molecule has 80 valence electrons. The Morgan fingerprint density at radius 2 is 2.00 bits per heavy atom. The lowest BCUT2D eigenvalue weighted by molar-refractivity contribution is 0.425. The van der Waals surface area contributed by atoms with Crippen molar-refractivity contribution in [3.05, 3.63) is 48.5 Å². The van der Waals surface area contributed by atoms with Gasteiger partial charge < -0.3 is 10.0 Å². The van der Waals surface area contributed by atoms with Crippen molar-refractivity contribution in [2.45, 2.75) is 0 Å². The topological polar surface area (TPSA) is 53.4 Å². The molecule has 1 aromatic carbocycles. The first-order valence-electron chi connectivity index (χ1n) is 4.74. The summed E-state index contributed by atoms with van der Waals surface area (Å²) in [5, 5.41) is 18.0. The Hall–Kier alpha value is -1.72. The molecule has 3 nitrogen and oxygen atoms in total. The highest BCUT2D eigenvalue weighted by Gasteiger charge is 2.14. The fourth-order valence-corrected chi connectivity index (χ4v) is 1.45. The average molecular weight is 217 g/mol. The molecule has 0 aliphatic carbocycles. The van der Waals surface area contributed by atoms with Crippen molar-refractivity contribution in [2.75, 3.05) is 0 Å². The lowest BCUT2D eigenvalue weighted by atomic mass is 9.79. The van der Waals surface area contributed by atoms with Crippen LogP contribution in [0.15, 0.2) is 42.7 Å². The zero-order valence-corrected chi connectivity index (χ0v) is 8.34. The number of benzene rings is 1. The van der Waals surface area contributed by atoms with E-state index in [1.807, 2.05) is 0 Å². The quantitative estimate of drug-likeness (QED) is 0.723. The molecular formula is C11H9BFNO2. The summed E-state index contributed by atoms with van der Waals surface area (Å²) in [6.07, 6.45) is 3.11. The second-order valence-electron chi connectivity index (χ2n) is 3.35. The van der Waals surface area contributed by atoms with E-state index in [2.05, 4.69) is 4.98 Å². The maximum Gasteiger partial charge on any atom is 0.488 e. The number of halogens is 1. The van der Waals surface area contributed by atoms with Crippen molar-refractivity contribution in [1.82, 2.24) is 4.98 Å². The molecule has 2 rings (SSSR count). The molecule has 0 fully saturated rings. The molecule has 0 amide bonds. The molecule has 2 N–H and O–H groups in total. The van der Waals surface area contributed by atoms with Crippen LogP contribution in [-0.4, -0.2) is 22.2 Å². The Labute approximate surface area is 92.4 Å². The molecule has 1 heterocycles. The summed E-state index contributed by atoms with van der Waals surface area (Å²) in [4.78, 5) is 3.89. The first-order chi connectivity index (χ1) is 7.68. The zero-order chi connectivity index (χ0) is 11.5. The lowest BCUT2D eigenvalue weighted by Gasteiger charge is -2.05. The highest BCUT2D eigenvalue weighted by Crippen LogP contribution is 2.20. The molecule has 2 aromatic rings. The Bertz CT molecular complexity index is 491. The highest BCUT2D eigenvalue weighted by atomic mass is 19.1. The Kier molecular flexibility index (Phi) is 2.98. The monoisotopic (exact) mass is 217 g/mol. The fraction of sp³-hybridized carbons (Fsp3) is 0. The molecule has 0 atom stereocenters. The number of hydrogen-bond acceptors (Lipinski definition) is 3. The molecule has 0 aliphatic heterocycles. The standard InChI is InChI=1S/C11H9BFNO2/c13-11-4-3-9(12(15)16)6-10(11)8-2-1-5-14-7-8/h1-7,15-16H. The Morgan fingerprint density at radius 3 is 2.62 bits per heavy atom. The van der Waals surface area contributed by atoms with E-state index >= 15 is 0 Å². The van der Waals surface area contributed by atoms with Gasteiger partial charge in [-0.3, -0.25) is 4.98 Å². The summed E-state index contributed by atoms with van der Waals surface area (Å²) >= 11 is 0. The molecule has 0 spiro atoms. The summed E-state index contributed by atoms with van der Waals surface area (Å²) in [7, 11) is -1.60. The first-order valence-corrected chi connectivity index (χ1v) is 4.74. The Balaban J connectivity index is 2.52. The van der Waals surface area contributed by atoms with E-state index in [-0.39, 0.29) is 5.46 Å². The minimum atomic E-state index is -1.60. The maximum atomic E-state index is 13.5. The molecule has 0 saturated carbocycles. The third kappa shape index (κ3) is 2.10. The molecule has 16 heavy (non-hydrogen) atoms. The average Bonchev–Trinajstić information content (AvgIpc) is 2.30. The maximum absolute atomic E-state index is 13.5. The molecule has 1 aromatic heterocycles. The summed E-state index contributed by atoms with van der Waals surface area (Å²) in [6, 6.07) is 7.34. The first kappa shape index (κ1) is 10.8. The van der Waals surface area contributed by atoms with Crippen LogP contribution in [0.1, 0.15) is 0 Å². The third-order valence-electron chi connectivity index (χ3n) is 2.26. The number of nitrogens with zero attached hydrogens (tertiary/aromatic N) is 1. The van der Waals surface area contributed by atoms with Gasteiger partial charge >= 0.3 is 7.12 Å². The van der Waals surface area contributed by atoms with Crippen LogP contribution in [0.2, 0.25) is 0 Å². The van der Waals surface area contributed by atoms with Crippen LogP contribution in [0, 0.1) is 5.82 Å². The van der Waals surface area contributed by atoms with Gasteiger partial charge in [-0.1, -0.05) is 18.2 Å². The molecule has 0 aliphatic rings. The molecule has 0 saturated heterocycles. The summed E-state index contributed by atoms with van der Waals surface area (Å²) in [5.74, 6) is -0.419. The van der Waals surface area contributed by atoms with Crippen molar-refractivity contribution < 1.29 is 14.4 Å².